The van der Waals surface area contributed by atoms with Crippen molar-refractivity contribution in [3.8, 4) is 0 Å². The van der Waals surface area contributed by atoms with Crippen LogP contribution in [0.25, 0.3) is 0 Å². The van der Waals surface area contributed by atoms with Gasteiger partial charge in [0.1, 0.15) is 6.04 Å². The maximum absolute atomic E-state index is 12.7. The molecule has 0 aromatic carbocycles. The molecule has 1 amide bonds. The highest BCUT2D eigenvalue weighted by molar-refractivity contribution is 5.83. The van der Waals surface area contributed by atoms with Crippen LogP contribution in [0.2, 0.25) is 0 Å². The number of carbonyl (C=O) groups is 1. The molecule has 1 unspecified atom stereocenters. The smallest absolute Gasteiger partial charge is 0.241 e. The van der Waals surface area contributed by atoms with E-state index in [2.05, 4.69) is 29.0 Å². The van der Waals surface area contributed by atoms with E-state index in [1.54, 1.807) is 0 Å². The first kappa shape index (κ1) is 14.8. The van der Waals surface area contributed by atoms with Crippen molar-refractivity contribution in [1.82, 2.24) is 15.1 Å². The predicted octanol–water partition coefficient (Wildman–Crippen LogP) is 1.46. The van der Waals surface area contributed by atoms with Gasteiger partial charge < -0.3 is 9.80 Å². The summed E-state index contributed by atoms with van der Waals surface area (Å²) in [6, 6.07) is 0.424. The van der Waals surface area contributed by atoms with Gasteiger partial charge in [-0.1, -0.05) is 19.3 Å². The molecule has 1 aliphatic heterocycles. The Morgan fingerprint density at radius 2 is 1.89 bits per heavy atom. The van der Waals surface area contributed by atoms with Crippen LogP contribution in [0.3, 0.4) is 0 Å². The normalized spacial score (nSPS) is 29.0. The van der Waals surface area contributed by atoms with Crippen LogP contribution in [0, 0.1) is 0 Å². The Bertz CT molecular complexity index is 321. The van der Waals surface area contributed by atoms with E-state index in [1.165, 1.54) is 32.1 Å². The number of nitrogens with zero attached hydrogens (tertiary/aromatic N) is 2. The average molecular weight is 267 g/mol. The van der Waals surface area contributed by atoms with Crippen molar-refractivity contribution in [2.75, 3.05) is 27.2 Å². The molecule has 1 heterocycles. The van der Waals surface area contributed by atoms with Gasteiger partial charge in [-0.15, -0.1) is 0 Å². The van der Waals surface area contributed by atoms with Gasteiger partial charge in [-0.25, -0.2) is 0 Å². The third kappa shape index (κ3) is 3.69. The highest BCUT2D eigenvalue weighted by Gasteiger charge is 2.40. The van der Waals surface area contributed by atoms with E-state index in [9.17, 15) is 4.79 Å². The second-order valence-electron chi connectivity index (χ2n) is 7.10. The van der Waals surface area contributed by atoms with E-state index in [0.29, 0.717) is 11.9 Å². The second-order valence-corrected chi connectivity index (χ2v) is 7.10. The highest BCUT2D eigenvalue weighted by atomic mass is 16.2. The largest absolute Gasteiger partial charge is 0.336 e. The molecule has 0 spiro atoms. The Kier molecular flexibility index (Phi) is 4.51. The number of hydrogen-bond donors (Lipinski definition) is 1. The van der Waals surface area contributed by atoms with Crippen LogP contribution < -0.4 is 5.32 Å². The van der Waals surface area contributed by atoms with Gasteiger partial charge in [0, 0.05) is 24.7 Å². The van der Waals surface area contributed by atoms with E-state index < -0.39 is 0 Å². The summed E-state index contributed by atoms with van der Waals surface area (Å²) < 4.78 is 0. The fraction of sp³-hybridized carbons (Fsp3) is 0.933. The van der Waals surface area contributed by atoms with Gasteiger partial charge in [0.2, 0.25) is 5.91 Å². The molecule has 0 bridgehead atoms. The van der Waals surface area contributed by atoms with Crippen molar-refractivity contribution in [1.29, 1.82) is 0 Å². The molecule has 1 saturated heterocycles. The van der Waals surface area contributed by atoms with Gasteiger partial charge in [0.25, 0.3) is 0 Å². The maximum Gasteiger partial charge on any atom is 0.241 e. The molecule has 1 atom stereocenters. The summed E-state index contributed by atoms with van der Waals surface area (Å²) in [5, 5.41) is 3.51. The molecular weight excluding hydrogens is 238 g/mol. The lowest BCUT2D eigenvalue weighted by Crippen LogP contribution is -2.68. The van der Waals surface area contributed by atoms with E-state index in [-0.39, 0.29) is 11.6 Å². The minimum atomic E-state index is -0.0549. The number of hydrogen-bond acceptors (Lipinski definition) is 3. The Hall–Kier alpha value is -0.610. The number of amides is 1. The van der Waals surface area contributed by atoms with Gasteiger partial charge in [0.15, 0.2) is 0 Å². The summed E-state index contributed by atoms with van der Waals surface area (Å²) in [6.45, 7) is 6.04. The number of carbonyl (C=O) groups excluding carboxylic acids is 1. The first-order valence-corrected chi connectivity index (χ1v) is 7.62. The monoisotopic (exact) mass is 267 g/mol. The van der Waals surface area contributed by atoms with Gasteiger partial charge >= 0.3 is 0 Å². The zero-order chi connectivity index (χ0) is 14.0. The maximum atomic E-state index is 12.7. The number of likely N-dealkylation sites (N-methyl/N-ethyl adjacent to an activating group) is 1. The van der Waals surface area contributed by atoms with Crippen LogP contribution in [0.5, 0.6) is 0 Å². The van der Waals surface area contributed by atoms with Crippen molar-refractivity contribution in [3.63, 3.8) is 0 Å². The van der Waals surface area contributed by atoms with Crippen LogP contribution in [-0.2, 0) is 4.79 Å². The molecule has 0 radical (unpaired) electrons. The summed E-state index contributed by atoms with van der Waals surface area (Å²) in [6.07, 6.45) is 6.27. The fourth-order valence-corrected chi connectivity index (χ4v) is 3.47. The molecular formula is C15H29N3O. The van der Waals surface area contributed by atoms with Crippen LogP contribution in [-0.4, -0.2) is 60.5 Å². The first-order valence-electron chi connectivity index (χ1n) is 7.62. The summed E-state index contributed by atoms with van der Waals surface area (Å²) in [4.78, 5) is 16.9. The van der Waals surface area contributed by atoms with E-state index in [1.807, 2.05) is 14.1 Å². The molecule has 110 valence electrons. The molecule has 2 aliphatic rings. The van der Waals surface area contributed by atoms with Gasteiger partial charge in [-0.3, -0.25) is 10.1 Å². The van der Waals surface area contributed by atoms with Crippen molar-refractivity contribution < 1.29 is 4.79 Å². The quantitative estimate of drug-likeness (QED) is 0.841. The third-order valence-electron chi connectivity index (χ3n) is 4.27. The van der Waals surface area contributed by atoms with Crippen LogP contribution in [0.4, 0.5) is 0 Å². The van der Waals surface area contributed by atoms with Gasteiger partial charge in [-0.2, -0.15) is 0 Å². The van der Waals surface area contributed by atoms with Gasteiger partial charge in [0.05, 0.1) is 0 Å². The van der Waals surface area contributed by atoms with E-state index in [0.717, 1.165) is 13.1 Å². The predicted molar refractivity (Wildman–Crippen MR) is 78.1 cm³/mol. The summed E-state index contributed by atoms with van der Waals surface area (Å²) in [5.41, 5.74) is 0.0199. The minimum Gasteiger partial charge on any atom is -0.336 e. The topological polar surface area (TPSA) is 35.6 Å². The Morgan fingerprint density at radius 3 is 2.47 bits per heavy atom. The summed E-state index contributed by atoms with van der Waals surface area (Å²) in [5.74, 6) is 0.305. The minimum absolute atomic E-state index is 0.0199. The van der Waals surface area contributed by atoms with Gasteiger partial charge in [-0.05, 0) is 40.8 Å². The molecule has 2 rings (SSSR count). The molecule has 1 N–H and O–H groups in total. The standard InChI is InChI=1S/C15H29N3O/c1-15(2)11-18(12-8-6-5-7-9-12)14(19)13(16-15)10-17(3)4/h12-13,16H,5-11H2,1-4H3. The Labute approximate surface area is 117 Å². The van der Waals surface area contributed by atoms with Crippen LogP contribution >= 0.6 is 0 Å². The Morgan fingerprint density at radius 1 is 1.26 bits per heavy atom. The molecule has 1 aliphatic carbocycles. The van der Waals surface area contributed by atoms with Crippen LogP contribution in [0.15, 0.2) is 0 Å². The number of nitrogens with one attached hydrogen (secondary N) is 1. The van der Waals surface area contributed by atoms with Crippen molar-refractivity contribution in [2.45, 2.75) is 63.6 Å². The lowest BCUT2D eigenvalue weighted by Gasteiger charge is -2.47. The van der Waals surface area contributed by atoms with E-state index in [4.69, 9.17) is 0 Å². The van der Waals surface area contributed by atoms with Crippen molar-refractivity contribution >= 4 is 5.91 Å². The molecule has 2 fully saturated rings. The first-order chi connectivity index (χ1) is 8.89. The number of rotatable bonds is 3. The molecule has 0 aromatic heterocycles. The zero-order valence-corrected chi connectivity index (χ0v) is 12.9. The van der Waals surface area contributed by atoms with Crippen LogP contribution in [0.1, 0.15) is 46.0 Å². The molecule has 19 heavy (non-hydrogen) atoms. The lowest BCUT2D eigenvalue weighted by molar-refractivity contribution is -0.142. The molecule has 4 heteroatoms. The average Bonchev–Trinajstić information content (AvgIpc) is 2.33. The second kappa shape index (κ2) is 5.80. The zero-order valence-electron chi connectivity index (χ0n) is 12.9. The summed E-state index contributed by atoms with van der Waals surface area (Å²) in [7, 11) is 4.06. The fourth-order valence-electron chi connectivity index (χ4n) is 3.47. The number of piperazine rings is 1. The SMILES string of the molecule is CN(C)CC1NC(C)(C)CN(C2CCCCC2)C1=O. The molecule has 4 nitrogen and oxygen atoms in total. The Balaban J connectivity index is 2.10. The van der Waals surface area contributed by atoms with E-state index >= 15 is 0 Å². The molecule has 0 aromatic rings. The van der Waals surface area contributed by atoms with Crippen molar-refractivity contribution in [3.05, 3.63) is 0 Å². The third-order valence-corrected chi connectivity index (χ3v) is 4.27. The molecule has 1 saturated carbocycles. The highest BCUT2D eigenvalue weighted by Crippen LogP contribution is 2.27. The van der Waals surface area contributed by atoms with Crippen molar-refractivity contribution in [2.24, 2.45) is 0 Å². The lowest BCUT2D eigenvalue weighted by atomic mass is 9.90. The summed E-state index contributed by atoms with van der Waals surface area (Å²) >= 11 is 0.